The van der Waals surface area contributed by atoms with Crippen LogP contribution in [0.5, 0.6) is 0 Å². The van der Waals surface area contributed by atoms with Crippen molar-refractivity contribution in [3.05, 3.63) is 102 Å². The van der Waals surface area contributed by atoms with E-state index >= 15 is 0 Å². The van der Waals surface area contributed by atoms with E-state index in [1.165, 1.54) is 5.56 Å². The number of anilines is 2. The third-order valence-electron chi connectivity index (χ3n) is 5.56. The van der Waals surface area contributed by atoms with Crippen LogP contribution in [-0.2, 0) is 13.0 Å². The quantitative estimate of drug-likeness (QED) is 0.531. The van der Waals surface area contributed by atoms with Crippen molar-refractivity contribution < 1.29 is 4.79 Å². The fraction of sp³-hybridized carbons (Fsp3) is 0.160. The fourth-order valence-corrected chi connectivity index (χ4v) is 3.95. The number of aromatic nitrogens is 3. The van der Waals surface area contributed by atoms with Gasteiger partial charge in [-0.05, 0) is 54.8 Å². The summed E-state index contributed by atoms with van der Waals surface area (Å²) in [6.07, 6.45) is 4.50. The zero-order valence-electron chi connectivity index (χ0n) is 17.3. The minimum absolute atomic E-state index is 0.0107. The predicted octanol–water partition coefficient (Wildman–Crippen LogP) is 4.39. The Morgan fingerprint density at radius 1 is 1.00 bits per heavy atom. The molecule has 0 bridgehead atoms. The first-order valence-corrected chi connectivity index (χ1v) is 10.4. The third kappa shape index (κ3) is 3.80. The molecule has 1 aliphatic rings. The molecule has 154 valence electrons. The Hall–Kier alpha value is -3.93. The Morgan fingerprint density at radius 3 is 2.58 bits per heavy atom. The van der Waals surface area contributed by atoms with Crippen LogP contribution in [0.1, 0.15) is 27.2 Å². The van der Waals surface area contributed by atoms with Gasteiger partial charge in [0.15, 0.2) is 0 Å². The maximum atomic E-state index is 13.0. The van der Waals surface area contributed by atoms with Gasteiger partial charge in [0, 0.05) is 31.2 Å². The third-order valence-corrected chi connectivity index (χ3v) is 5.56. The fourth-order valence-electron chi connectivity index (χ4n) is 3.95. The number of hydrogen-bond donors (Lipinski definition) is 1. The second-order valence-electron chi connectivity index (χ2n) is 7.65. The summed E-state index contributed by atoms with van der Waals surface area (Å²) in [4.78, 5) is 19.3. The number of carbonyl (C=O) groups excluding carboxylic acids is 1. The van der Waals surface area contributed by atoms with Gasteiger partial charge in [0.05, 0.1) is 16.9 Å². The number of carbonyl (C=O) groups is 1. The molecule has 3 heterocycles. The van der Waals surface area contributed by atoms with Gasteiger partial charge < -0.3 is 10.2 Å². The molecule has 31 heavy (non-hydrogen) atoms. The highest BCUT2D eigenvalue weighted by Gasteiger charge is 2.25. The predicted molar refractivity (Wildman–Crippen MR) is 122 cm³/mol. The standard InChI is InChI=1S/C25H23N5O/c1-18-12-15-30(28-18)23-9-5-3-7-20(23)16-26-24-11-10-21(17-27-24)25(31)29-14-13-19-6-2-4-8-22(19)29/h2-12,15,17H,13-14,16H2,1H3,(H,26,27). The summed E-state index contributed by atoms with van der Waals surface area (Å²) in [6.45, 7) is 3.29. The van der Waals surface area contributed by atoms with Crippen LogP contribution in [0.25, 0.3) is 5.69 Å². The van der Waals surface area contributed by atoms with Crippen LogP contribution in [0, 0.1) is 6.92 Å². The molecule has 6 nitrogen and oxygen atoms in total. The number of amides is 1. The summed E-state index contributed by atoms with van der Waals surface area (Å²) in [7, 11) is 0. The van der Waals surface area contributed by atoms with E-state index in [-0.39, 0.29) is 5.91 Å². The minimum atomic E-state index is -0.0107. The number of aryl methyl sites for hydroxylation is 1. The molecule has 1 aliphatic heterocycles. The summed E-state index contributed by atoms with van der Waals surface area (Å²) in [5, 5.41) is 7.86. The lowest BCUT2D eigenvalue weighted by Gasteiger charge is -2.17. The average Bonchev–Trinajstić information content (AvgIpc) is 3.44. The molecule has 2 aromatic heterocycles. The number of nitrogens with zero attached hydrogens (tertiary/aromatic N) is 4. The normalized spacial score (nSPS) is 12.6. The first-order chi connectivity index (χ1) is 15.2. The second kappa shape index (κ2) is 8.07. The molecule has 0 spiro atoms. The van der Waals surface area contributed by atoms with E-state index in [2.05, 4.69) is 27.5 Å². The van der Waals surface area contributed by atoms with Gasteiger partial charge >= 0.3 is 0 Å². The molecule has 0 fully saturated rings. The molecule has 0 saturated heterocycles. The number of hydrogen-bond acceptors (Lipinski definition) is 4. The van der Waals surface area contributed by atoms with Crippen LogP contribution < -0.4 is 10.2 Å². The molecule has 6 heteroatoms. The first kappa shape index (κ1) is 19.1. The van der Waals surface area contributed by atoms with E-state index < -0.39 is 0 Å². The molecule has 0 unspecified atom stereocenters. The highest BCUT2D eigenvalue weighted by molar-refractivity contribution is 6.07. The van der Waals surface area contributed by atoms with Crippen molar-refractivity contribution in [3.63, 3.8) is 0 Å². The van der Waals surface area contributed by atoms with Crippen LogP contribution in [0.2, 0.25) is 0 Å². The number of benzene rings is 2. The summed E-state index contributed by atoms with van der Waals surface area (Å²) >= 11 is 0. The molecule has 0 atom stereocenters. The molecule has 5 rings (SSSR count). The van der Waals surface area contributed by atoms with Crippen LogP contribution in [0.4, 0.5) is 11.5 Å². The van der Waals surface area contributed by atoms with Crippen LogP contribution >= 0.6 is 0 Å². The molecule has 2 aromatic carbocycles. The Morgan fingerprint density at radius 2 is 1.81 bits per heavy atom. The summed E-state index contributed by atoms with van der Waals surface area (Å²) in [5.74, 6) is 0.716. The molecule has 0 radical (unpaired) electrons. The van der Waals surface area contributed by atoms with Crippen molar-refractivity contribution in [1.29, 1.82) is 0 Å². The Labute approximate surface area is 181 Å². The van der Waals surface area contributed by atoms with Crippen molar-refractivity contribution in [1.82, 2.24) is 14.8 Å². The molecule has 1 amide bonds. The van der Waals surface area contributed by atoms with Gasteiger partial charge in [0.1, 0.15) is 5.82 Å². The van der Waals surface area contributed by atoms with Gasteiger partial charge in [-0.25, -0.2) is 9.67 Å². The van der Waals surface area contributed by atoms with Crippen LogP contribution in [-0.4, -0.2) is 27.2 Å². The number of fused-ring (bicyclic) bond motifs is 1. The average molecular weight is 409 g/mol. The maximum Gasteiger partial charge on any atom is 0.259 e. The van der Waals surface area contributed by atoms with Crippen LogP contribution in [0.3, 0.4) is 0 Å². The lowest BCUT2D eigenvalue weighted by molar-refractivity contribution is 0.0989. The highest BCUT2D eigenvalue weighted by atomic mass is 16.2. The second-order valence-corrected chi connectivity index (χ2v) is 7.65. The van der Waals surface area contributed by atoms with Gasteiger partial charge in [0.2, 0.25) is 0 Å². The van der Waals surface area contributed by atoms with Crippen molar-refractivity contribution >= 4 is 17.4 Å². The molecular formula is C25H23N5O. The first-order valence-electron chi connectivity index (χ1n) is 10.4. The molecule has 0 saturated carbocycles. The van der Waals surface area contributed by atoms with Gasteiger partial charge in [-0.1, -0.05) is 36.4 Å². The maximum absolute atomic E-state index is 13.0. The van der Waals surface area contributed by atoms with Crippen molar-refractivity contribution in [2.75, 3.05) is 16.8 Å². The lowest BCUT2D eigenvalue weighted by atomic mass is 10.1. The zero-order chi connectivity index (χ0) is 21.2. The highest BCUT2D eigenvalue weighted by Crippen LogP contribution is 2.28. The Balaban J connectivity index is 1.28. The van der Waals surface area contributed by atoms with E-state index in [0.717, 1.165) is 34.9 Å². The number of nitrogens with one attached hydrogen (secondary N) is 1. The van der Waals surface area contributed by atoms with Crippen molar-refractivity contribution in [3.8, 4) is 5.69 Å². The van der Waals surface area contributed by atoms with Gasteiger partial charge in [-0.3, -0.25) is 4.79 Å². The van der Waals surface area contributed by atoms with E-state index in [9.17, 15) is 4.79 Å². The topological polar surface area (TPSA) is 63.1 Å². The number of para-hydroxylation sites is 2. The number of pyridine rings is 1. The largest absolute Gasteiger partial charge is 0.366 e. The minimum Gasteiger partial charge on any atom is -0.366 e. The molecule has 4 aromatic rings. The van der Waals surface area contributed by atoms with E-state index in [1.807, 2.05) is 77.3 Å². The van der Waals surface area contributed by atoms with E-state index in [1.54, 1.807) is 6.20 Å². The Kier molecular flexibility index (Phi) is 4.96. The number of rotatable bonds is 5. The zero-order valence-corrected chi connectivity index (χ0v) is 17.3. The van der Waals surface area contributed by atoms with E-state index in [0.29, 0.717) is 18.7 Å². The molecule has 0 aliphatic carbocycles. The molecular weight excluding hydrogens is 386 g/mol. The van der Waals surface area contributed by atoms with Crippen LogP contribution in [0.15, 0.2) is 79.1 Å². The van der Waals surface area contributed by atoms with Gasteiger partial charge in [0.25, 0.3) is 5.91 Å². The molecule has 1 N–H and O–H groups in total. The summed E-state index contributed by atoms with van der Waals surface area (Å²) in [5.41, 5.74) is 5.93. The SMILES string of the molecule is Cc1ccn(-c2ccccc2CNc2ccc(C(=O)N3CCc4ccccc43)cn2)n1. The Bertz CT molecular complexity index is 1230. The summed E-state index contributed by atoms with van der Waals surface area (Å²) < 4.78 is 1.88. The van der Waals surface area contributed by atoms with Gasteiger partial charge in [-0.2, -0.15) is 5.10 Å². The van der Waals surface area contributed by atoms with E-state index in [4.69, 9.17) is 0 Å². The lowest BCUT2D eigenvalue weighted by Crippen LogP contribution is -2.28. The smallest absolute Gasteiger partial charge is 0.259 e. The summed E-state index contributed by atoms with van der Waals surface area (Å²) in [6, 6.07) is 21.9. The van der Waals surface area contributed by atoms with Gasteiger partial charge in [-0.15, -0.1) is 0 Å². The monoisotopic (exact) mass is 409 g/mol. The van der Waals surface area contributed by atoms with Crippen molar-refractivity contribution in [2.45, 2.75) is 19.9 Å². The van der Waals surface area contributed by atoms with Crippen molar-refractivity contribution in [2.24, 2.45) is 0 Å².